The molecule has 1 aliphatic rings. The fourth-order valence-corrected chi connectivity index (χ4v) is 3.55. The van der Waals surface area contributed by atoms with E-state index in [2.05, 4.69) is 4.98 Å². The predicted molar refractivity (Wildman–Crippen MR) is 107 cm³/mol. The van der Waals surface area contributed by atoms with Crippen LogP contribution in [0.25, 0.3) is 0 Å². The van der Waals surface area contributed by atoms with E-state index in [9.17, 15) is 22.8 Å². The van der Waals surface area contributed by atoms with Crippen LogP contribution in [-0.4, -0.2) is 40.8 Å². The third-order valence-corrected chi connectivity index (χ3v) is 5.28. The zero-order chi connectivity index (χ0) is 22.1. The Labute approximate surface area is 177 Å². The number of ketones is 1. The Morgan fingerprint density at radius 2 is 1.87 bits per heavy atom. The Kier molecular flexibility index (Phi) is 6.36. The summed E-state index contributed by atoms with van der Waals surface area (Å²) in [6.07, 6.45) is -3.35. The zero-order valence-electron chi connectivity index (χ0n) is 16.5. The van der Waals surface area contributed by atoms with Gasteiger partial charge in [0, 0.05) is 18.0 Å². The number of benzene rings is 1. The predicted octanol–water partition coefficient (Wildman–Crippen LogP) is 4.83. The van der Waals surface area contributed by atoms with Gasteiger partial charge in [0.05, 0.1) is 24.5 Å². The van der Waals surface area contributed by atoms with Crippen LogP contribution in [0.1, 0.15) is 25.1 Å². The lowest BCUT2D eigenvalue weighted by molar-refractivity contribution is -0.141. The highest BCUT2D eigenvalue weighted by molar-refractivity contribution is 6.30. The summed E-state index contributed by atoms with van der Waals surface area (Å²) in [7, 11) is 0. The van der Waals surface area contributed by atoms with Gasteiger partial charge in [0.1, 0.15) is 5.69 Å². The van der Waals surface area contributed by atoms with Crippen molar-refractivity contribution in [3.63, 3.8) is 0 Å². The summed E-state index contributed by atoms with van der Waals surface area (Å²) in [5.41, 5.74) is 0.0422. The van der Waals surface area contributed by atoms with Crippen molar-refractivity contribution in [3.8, 4) is 0 Å². The molecule has 1 fully saturated rings. The number of Topliss-reactive ketones (excluding diaryl/α,β-unsaturated/α-hetero) is 1. The van der Waals surface area contributed by atoms with Crippen molar-refractivity contribution in [1.29, 1.82) is 0 Å². The van der Waals surface area contributed by atoms with Crippen LogP contribution in [0.5, 0.6) is 0 Å². The number of halogens is 4. The number of aromatic nitrogens is 1. The van der Waals surface area contributed by atoms with Crippen molar-refractivity contribution >= 4 is 29.1 Å². The normalized spacial score (nSPS) is 17.2. The summed E-state index contributed by atoms with van der Waals surface area (Å²) in [5.74, 6) is -0.0755. The van der Waals surface area contributed by atoms with Gasteiger partial charge in [0.2, 0.25) is 0 Å². The third-order valence-electron chi connectivity index (χ3n) is 5.03. The van der Waals surface area contributed by atoms with Crippen LogP contribution in [-0.2, 0) is 17.4 Å². The molecular formula is C21H21ClF3N3O2. The first kappa shape index (κ1) is 22.1. The van der Waals surface area contributed by atoms with Crippen molar-refractivity contribution in [3.05, 3.63) is 58.9 Å². The quantitative estimate of drug-likeness (QED) is 0.647. The molecule has 2 heterocycles. The molecule has 30 heavy (non-hydrogen) atoms. The van der Waals surface area contributed by atoms with Crippen LogP contribution in [0, 0.1) is 5.92 Å². The molecule has 1 aromatic heterocycles. The number of urea groups is 1. The van der Waals surface area contributed by atoms with Crippen LogP contribution in [0.15, 0.2) is 42.6 Å². The number of anilines is 1. The molecule has 2 amide bonds. The van der Waals surface area contributed by atoms with E-state index in [0.29, 0.717) is 5.02 Å². The molecule has 9 heteroatoms. The van der Waals surface area contributed by atoms with E-state index < -0.39 is 17.9 Å². The van der Waals surface area contributed by atoms with Crippen molar-refractivity contribution < 1.29 is 22.8 Å². The molecule has 0 N–H and O–H groups in total. The summed E-state index contributed by atoms with van der Waals surface area (Å²) in [6, 6.07) is 8.32. The smallest absolute Gasteiger partial charge is 0.312 e. The molecule has 0 unspecified atom stereocenters. The Morgan fingerprint density at radius 1 is 1.20 bits per heavy atom. The van der Waals surface area contributed by atoms with E-state index in [4.69, 9.17) is 11.6 Å². The minimum atomic E-state index is -4.55. The maximum atomic E-state index is 13.0. The van der Waals surface area contributed by atoms with E-state index in [1.165, 1.54) is 15.9 Å². The number of hydrogen-bond acceptors (Lipinski definition) is 3. The lowest BCUT2D eigenvalue weighted by Crippen LogP contribution is -2.41. The lowest BCUT2D eigenvalue weighted by Gasteiger charge is -2.25. The summed E-state index contributed by atoms with van der Waals surface area (Å²) in [5, 5.41) is 0.571. The van der Waals surface area contributed by atoms with Crippen molar-refractivity contribution in [2.45, 2.75) is 32.5 Å². The Morgan fingerprint density at radius 3 is 2.40 bits per heavy atom. The first-order chi connectivity index (χ1) is 14.1. The summed E-state index contributed by atoms with van der Waals surface area (Å²) in [6.45, 7) is 4.07. The number of amides is 2. The zero-order valence-corrected chi connectivity index (χ0v) is 17.2. The summed E-state index contributed by atoms with van der Waals surface area (Å²) in [4.78, 5) is 31.8. The van der Waals surface area contributed by atoms with Gasteiger partial charge in [-0.05, 0) is 35.7 Å². The van der Waals surface area contributed by atoms with Gasteiger partial charge in [0.15, 0.2) is 5.78 Å². The molecular weight excluding hydrogens is 419 g/mol. The molecule has 1 atom stereocenters. The standard InChI is InChI=1S/C21H21ClF3N3O2/c1-13(2)18-12-27(16-7-8-19(26-10-16)21(23,24)25)20(30)28(18)11-17(29)9-14-3-5-15(22)6-4-14/h3-8,10,13,18H,9,11-12H2,1-2H3/t18-/m1/s1. The average Bonchev–Trinajstić information content (AvgIpc) is 3.00. The Bertz CT molecular complexity index is 915. The first-order valence-corrected chi connectivity index (χ1v) is 9.81. The minimum absolute atomic E-state index is 0.0599. The number of rotatable bonds is 6. The number of pyridine rings is 1. The van der Waals surface area contributed by atoms with Gasteiger partial charge in [0.25, 0.3) is 0 Å². The van der Waals surface area contributed by atoms with Gasteiger partial charge >= 0.3 is 12.2 Å². The highest BCUT2D eigenvalue weighted by atomic mass is 35.5. The highest BCUT2D eigenvalue weighted by Crippen LogP contribution is 2.31. The molecule has 1 aliphatic heterocycles. The van der Waals surface area contributed by atoms with Crippen molar-refractivity contribution in [2.24, 2.45) is 5.92 Å². The lowest BCUT2D eigenvalue weighted by atomic mass is 10.0. The molecule has 0 spiro atoms. The molecule has 1 saturated heterocycles. The number of hydrogen-bond donors (Lipinski definition) is 0. The molecule has 3 rings (SSSR count). The van der Waals surface area contributed by atoms with E-state index in [1.807, 2.05) is 13.8 Å². The van der Waals surface area contributed by atoms with Crippen LogP contribution in [0.4, 0.5) is 23.7 Å². The molecule has 2 aromatic rings. The SMILES string of the molecule is CC(C)[C@H]1CN(c2ccc(C(F)(F)F)nc2)C(=O)N1CC(=O)Cc1ccc(Cl)cc1. The number of carbonyl (C=O) groups is 2. The first-order valence-electron chi connectivity index (χ1n) is 9.44. The molecule has 0 aliphatic carbocycles. The van der Waals surface area contributed by atoms with Gasteiger partial charge in [-0.3, -0.25) is 9.69 Å². The second kappa shape index (κ2) is 8.63. The Hall–Kier alpha value is -2.61. The highest BCUT2D eigenvalue weighted by Gasteiger charge is 2.41. The number of nitrogens with zero attached hydrogens (tertiary/aromatic N) is 3. The van der Waals surface area contributed by atoms with Gasteiger partial charge in [-0.2, -0.15) is 13.2 Å². The van der Waals surface area contributed by atoms with Crippen LogP contribution >= 0.6 is 11.6 Å². The van der Waals surface area contributed by atoms with Gasteiger partial charge in [-0.1, -0.05) is 37.6 Å². The van der Waals surface area contributed by atoms with Gasteiger partial charge in [-0.25, -0.2) is 9.78 Å². The Balaban J connectivity index is 1.74. The molecule has 160 valence electrons. The van der Waals surface area contributed by atoms with Crippen LogP contribution in [0.3, 0.4) is 0 Å². The van der Waals surface area contributed by atoms with Gasteiger partial charge < -0.3 is 4.90 Å². The average molecular weight is 440 g/mol. The second-order valence-electron chi connectivity index (χ2n) is 7.57. The summed E-state index contributed by atoms with van der Waals surface area (Å²) >= 11 is 5.86. The number of carbonyl (C=O) groups excluding carboxylic acids is 2. The maximum Gasteiger partial charge on any atom is 0.433 e. The molecule has 5 nitrogen and oxygen atoms in total. The minimum Gasteiger partial charge on any atom is -0.312 e. The molecule has 0 bridgehead atoms. The monoisotopic (exact) mass is 439 g/mol. The van der Waals surface area contributed by atoms with Crippen LogP contribution < -0.4 is 4.90 Å². The van der Waals surface area contributed by atoms with Gasteiger partial charge in [-0.15, -0.1) is 0 Å². The second-order valence-corrected chi connectivity index (χ2v) is 8.01. The molecule has 0 radical (unpaired) electrons. The van der Waals surface area contributed by atoms with Crippen molar-refractivity contribution in [1.82, 2.24) is 9.88 Å². The van der Waals surface area contributed by atoms with E-state index in [0.717, 1.165) is 17.8 Å². The third kappa shape index (κ3) is 4.92. The number of alkyl halides is 3. The summed E-state index contributed by atoms with van der Waals surface area (Å²) < 4.78 is 38.3. The molecule has 0 saturated carbocycles. The molecule has 1 aromatic carbocycles. The van der Waals surface area contributed by atoms with E-state index >= 15 is 0 Å². The van der Waals surface area contributed by atoms with Crippen LogP contribution in [0.2, 0.25) is 5.02 Å². The largest absolute Gasteiger partial charge is 0.433 e. The fourth-order valence-electron chi connectivity index (χ4n) is 3.42. The van der Waals surface area contributed by atoms with E-state index in [-0.39, 0.29) is 42.9 Å². The topological polar surface area (TPSA) is 53.5 Å². The van der Waals surface area contributed by atoms with E-state index in [1.54, 1.807) is 24.3 Å². The fraction of sp³-hybridized carbons (Fsp3) is 0.381. The maximum absolute atomic E-state index is 13.0. The van der Waals surface area contributed by atoms with Crippen molar-refractivity contribution in [2.75, 3.05) is 18.0 Å².